The first kappa shape index (κ1) is 25.4. The number of benzene rings is 1. The number of anilines is 1. The SMILES string of the molecule is C[C@@H]1CCN(C)c2nc(-c3ccc4cnc(CNC(=O)c5ccc6c(c5)S(=O)(=O)CCOC6)cc4n3)ccc21. The van der Waals surface area contributed by atoms with Crippen LogP contribution in [-0.2, 0) is 27.7 Å². The van der Waals surface area contributed by atoms with Gasteiger partial charge in [-0.25, -0.2) is 18.4 Å². The van der Waals surface area contributed by atoms with Crippen molar-refractivity contribution in [1.82, 2.24) is 20.3 Å². The molecule has 1 amide bonds. The van der Waals surface area contributed by atoms with E-state index in [0.29, 0.717) is 17.2 Å². The summed E-state index contributed by atoms with van der Waals surface area (Å²) in [5.74, 6) is 1.01. The Kier molecular flexibility index (Phi) is 6.52. The molecule has 0 saturated heterocycles. The molecule has 2 aliphatic rings. The van der Waals surface area contributed by atoms with E-state index in [4.69, 9.17) is 14.7 Å². The van der Waals surface area contributed by atoms with Gasteiger partial charge >= 0.3 is 0 Å². The molecule has 1 aromatic carbocycles. The molecule has 0 spiro atoms. The fraction of sp³-hybridized carbons (Fsp3) is 0.310. The molecule has 0 radical (unpaired) electrons. The Balaban J connectivity index is 1.22. The van der Waals surface area contributed by atoms with Crippen molar-refractivity contribution in [2.45, 2.75) is 37.3 Å². The van der Waals surface area contributed by atoms with Gasteiger partial charge in [-0.3, -0.25) is 9.78 Å². The fourth-order valence-electron chi connectivity index (χ4n) is 5.08. The number of hydrogen-bond donors (Lipinski definition) is 1. The number of pyridine rings is 3. The minimum absolute atomic E-state index is 0.0993. The zero-order valence-electron chi connectivity index (χ0n) is 21.8. The number of nitrogens with one attached hydrogen (secondary N) is 1. The Labute approximate surface area is 227 Å². The van der Waals surface area contributed by atoms with E-state index in [0.717, 1.165) is 41.1 Å². The second kappa shape index (κ2) is 10.0. The lowest BCUT2D eigenvalue weighted by molar-refractivity contribution is 0.0950. The van der Waals surface area contributed by atoms with Gasteiger partial charge in [0.2, 0.25) is 0 Å². The highest BCUT2D eigenvalue weighted by Gasteiger charge is 2.24. The van der Waals surface area contributed by atoms with E-state index in [1.165, 1.54) is 11.6 Å². The molecular weight excluding hydrogens is 514 g/mol. The van der Waals surface area contributed by atoms with Gasteiger partial charge in [-0.05, 0) is 59.9 Å². The Morgan fingerprint density at radius 1 is 1.10 bits per heavy atom. The molecule has 4 aromatic rings. The molecule has 5 heterocycles. The summed E-state index contributed by atoms with van der Waals surface area (Å²) >= 11 is 0. The van der Waals surface area contributed by atoms with Gasteiger partial charge in [-0.1, -0.05) is 19.1 Å². The number of fused-ring (bicyclic) bond motifs is 3. The van der Waals surface area contributed by atoms with Gasteiger partial charge in [0.1, 0.15) is 5.82 Å². The molecule has 0 bridgehead atoms. The Hall–Kier alpha value is -3.89. The normalized spacial score (nSPS) is 18.2. The van der Waals surface area contributed by atoms with E-state index in [1.807, 2.05) is 24.3 Å². The topological polar surface area (TPSA) is 114 Å². The second-order valence-corrected chi connectivity index (χ2v) is 12.2. The van der Waals surface area contributed by atoms with Crippen LogP contribution in [0, 0.1) is 0 Å². The molecular formula is C29H29N5O4S. The van der Waals surface area contributed by atoms with Crippen LogP contribution in [0.15, 0.2) is 59.6 Å². The number of amides is 1. The largest absolute Gasteiger partial charge is 0.376 e. The summed E-state index contributed by atoms with van der Waals surface area (Å²) in [5, 5.41) is 3.73. The third kappa shape index (κ3) is 4.97. The summed E-state index contributed by atoms with van der Waals surface area (Å²) in [6, 6.07) is 14.6. The molecule has 200 valence electrons. The predicted molar refractivity (Wildman–Crippen MR) is 148 cm³/mol. The zero-order chi connectivity index (χ0) is 27.1. The van der Waals surface area contributed by atoms with Gasteiger partial charge in [0.25, 0.3) is 5.91 Å². The molecule has 6 rings (SSSR count). The van der Waals surface area contributed by atoms with Crippen LogP contribution < -0.4 is 10.2 Å². The molecule has 0 fully saturated rings. The third-order valence-corrected chi connectivity index (χ3v) is 9.19. The number of sulfone groups is 1. The van der Waals surface area contributed by atoms with Gasteiger partial charge in [0.05, 0.1) is 53.0 Å². The van der Waals surface area contributed by atoms with E-state index < -0.39 is 9.84 Å². The molecule has 1 atom stereocenters. The van der Waals surface area contributed by atoms with Gasteiger partial charge in [-0.2, -0.15) is 0 Å². The van der Waals surface area contributed by atoms with E-state index in [1.54, 1.807) is 18.3 Å². The maximum Gasteiger partial charge on any atom is 0.251 e. The van der Waals surface area contributed by atoms with Crippen LogP contribution in [0.2, 0.25) is 0 Å². The van der Waals surface area contributed by atoms with Crippen molar-refractivity contribution in [2.75, 3.05) is 30.9 Å². The Morgan fingerprint density at radius 2 is 1.92 bits per heavy atom. The van der Waals surface area contributed by atoms with Crippen LogP contribution >= 0.6 is 0 Å². The van der Waals surface area contributed by atoms with Crippen LogP contribution in [0.1, 0.15) is 46.4 Å². The van der Waals surface area contributed by atoms with Crippen molar-refractivity contribution < 1.29 is 17.9 Å². The number of nitrogens with zero attached hydrogens (tertiary/aromatic N) is 4. The van der Waals surface area contributed by atoms with Crippen molar-refractivity contribution in [3.05, 3.63) is 77.1 Å². The number of rotatable bonds is 4. The predicted octanol–water partition coefficient (Wildman–Crippen LogP) is 3.87. The van der Waals surface area contributed by atoms with E-state index in [-0.39, 0.29) is 41.9 Å². The summed E-state index contributed by atoms with van der Waals surface area (Å²) < 4.78 is 30.5. The van der Waals surface area contributed by atoms with Crippen molar-refractivity contribution in [2.24, 2.45) is 0 Å². The molecule has 2 aliphatic heterocycles. The first-order valence-corrected chi connectivity index (χ1v) is 14.6. The highest BCUT2D eigenvalue weighted by Crippen LogP contribution is 2.34. The molecule has 10 heteroatoms. The van der Waals surface area contributed by atoms with Gasteiger partial charge in [0, 0.05) is 30.7 Å². The molecule has 39 heavy (non-hydrogen) atoms. The summed E-state index contributed by atoms with van der Waals surface area (Å²) in [7, 11) is -1.43. The second-order valence-electron chi connectivity index (χ2n) is 10.2. The lowest BCUT2D eigenvalue weighted by Crippen LogP contribution is -2.27. The van der Waals surface area contributed by atoms with E-state index >= 15 is 0 Å². The van der Waals surface area contributed by atoms with Crippen LogP contribution in [0.25, 0.3) is 22.3 Å². The number of hydrogen-bond acceptors (Lipinski definition) is 8. The highest BCUT2D eigenvalue weighted by atomic mass is 32.2. The number of carbonyl (C=O) groups excluding carboxylic acids is 1. The van der Waals surface area contributed by atoms with E-state index in [2.05, 4.69) is 35.2 Å². The first-order chi connectivity index (χ1) is 18.8. The number of aromatic nitrogens is 3. The average molecular weight is 544 g/mol. The summed E-state index contributed by atoms with van der Waals surface area (Å²) in [6.45, 7) is 3.74. The third-order valence-electron chi connectivity index (χ3n) is 7.44. The highest BCUT2D eigenvalue weighted by molar-refractivity contribution is 7.91. The van der Waals surface area contributed by atoms with Gasteiger partial charge in [0.15, 0.2) is 9.84 Å². The monoisotopic (exact) mass is 543 g/mol. The quantitative estimate of drug-likeness (QED) is 0.413. The van der Waals surface area contributed by atoms with Gasteiger partial charge < -0.3 is 15.0 Å². The minimum atomic E-state index is -3.50. The standard InChI is InChI=1S/C29H29N5O4S/c1-18-9-10-34(2)28-23(18)6-8-25(33-28)24-7-5-20-15-30-22(14-26(20)32-24)16-31-29(35)19-3-4-21-17-38-11-12-39(36,37)27(21)13-19/h3-8,13-15,18H,9-12,16-17H2,1-2H3,(H,31,35)/t18-/m1/s1. The van der Waals surface area contributed by atoms with E-state index in [9.17, 15) is 13.2 Å². The Bertz CT molecular complexity index is 1710. The summed E-state index contributed by atoms with van der Waals surface area (Å²) in [5.41, 5.74) is 5.08. The average Bonchev–Trinajstić information content (AvgIpc) is 3.10. The Morgan fingerprint density at radius 3 is 2.79 bits per heavy atom. The fourth-order valence-corrected chi connectivity index (χ4v) is 6.47. The van der Waals surface area contributed by atoms with Crippen LogP contribution in [0.3, 0.4) is 0 Å². The molecule has 9 nitrogen and oxygen atoms in total. The zero-order valence-corrected chi connectivity index (χ0v) is 22.7. The maximum atomic E-state index is 12.9. The lowest BCUT2D eigenvalue weighted by Gasteiger charge is -2.30. The van der Waals surface area contributed by atoms with Crippen molar-refractivity contribution in [3.63, 3.8) is 0 Å². The smallest absolute Gasteiger partial charge is 0.251 e. The molecule has 0 aliphatic carbocycles. The molecule has 1 N–H and O–H groups in total. The molecule has 3 aromatic heterocycles. The first-order valence-electron chi connectivity index (χ1n) is 13.0. The summed E-state index contributed by atoms with van der Waals surface area (Å²) in [4.78, 5) is 29.5. The lowest BCUT2D eigenvalue weighted by atomic mass is 9.94. The number of carbonyl (C=O) groups is 1. The van der Waals surface area contributed by atoms with Gasteiger partial charge in [-0.15, -0.1) is 0 Å². The van der Waals surface area contributed by atoms with Crippen LogP contribution in [0.4, 0.5) is 5.82 Å². The van der Waals surface area contributed by atoms with Crippen LogP contribution in [0.5, 0.6) is 0 Å². The summed E-state index contributed by atoms with van der Waals surface area (Å²) in [6.07, 6.45) is 2.85. The molecule has 0 saturated carbocycles. The van der Waals surface area contributed by atoms with Crippen LogP contribution in [-0.4, -0.2) is 55.2 Å². The van der Waals surface area contributed by atoms with Crippen molar-refractivity contribution >= 4 is 32.5 Å². The van der Waals surface area contributed by atoms with Crippen molar-refractivity contribution in [3.8, 4) is 11.4 Å². The van der Waals surface area contributed by atoms with Crippen molar-refractivity contribution in [1.29, 1.82) is 0 Å². The maximum absolute atomic E-state index is 12.9. The number of ether oxygens (including phenoxy) is 1. The molecule has 0 unspecified atom stereocenters. The minimum Gasteiger partial charge on any atom is -0.376 e.